The van der Waals surface area contributed by atoms with Gasteiger partial charge in [-0.1, -0.05) is 72.8 Å². The van der Waals surface area contributed by atoms with Gasteiger partial charge >= 0.3 is 0 Å². The summed E-state index contributed by atoms with van der Waals surface area (Å²) >= 11 is 0. The van der Waals surface area contributed by atoms with E-state index in [4.69, 9.17) is 9.47 Å². The van der Waals surface area contributed by atoms with E-state index in [-0.39, 0.29) is 23.9 Å². The number of hydrogen-bond donors (Lipinski definition) is 1. The second-order valence-electron chi connectivity index (χ2n) is 9.95. The van der Waals surface area contributed by atoms with Crippen LogP contribution in [0.2, 0.25) is 0 Å². The SMILES string of the molecule is CCOc1ccc(S(=O)(=O)N(CC(=O)N2C[C@H](C(=O)NCc3ccccc3)Oc3ccccc32)Cc2ccccc2)cc1. The lowest BCUT2D eigenvalue weighted by Gasteiger charge is -2.35. The second kappa shape index (κ2) is 13.5. The normalized spacial score (nSPS) is 14.5. The van der Waals surface area contributed by atoms with Crippen molar-refractivity contribution in [2.75, 3.05) is 24.6 Å². The summed E-state index contributed by atoms with van der Waals surface area (Å²) in [4.78, 5) is 28.5. The van der Waals surface area contributed by atoms with Crippen molar-refractivity contribution in [2.24, 2.45) is 0 Å². The number of ether oxygens (including phenoxy) is 2. The Morgan fingerprint density at radius 3 is 2.19 bits per heavy atom. The van der Waals surface area contributed by atoms with E-state index >= 15 is 0 Å². The van der Waals surface area contributed by atoms with Crippen LogP contribution in [0.5, 0.6) is 11.5 Å². The number of fused-ring (bicyclic) bond motifs is 1. The Balaban J connectivity index is 1.39. The van der Waals surface area contributed by atoms with Gasteiger partial charge in [0.15, 0.2) is 6.10 Å². The molecular weight excluding hydrogens is 566 g/mol. The summed E-state index contributed by atoms with van der Waals surface area (Å²) in [5.74, 6) is 0.0564. The van der Waals surface area contributed by atoms with Gasteiger partial charge in [-0.15, -0.1) is 0 Å². The summed E-state index contributed by atoms with van der Waals surface area (Å²) < 4.78 is 40.4. The number of hydrogen-bond acceptors (Lipinski definition) is 6. The van der Waals surface area contributed by atoms with Crippen molar-refractivity contribution < 1.29 is 27.5 Å². The molecule has 0 bridgehead atoms. The highest BCUT2D eigenvalue weighted by atomic mass is 32.2. The lowest BCUT2D eigenvalue weighted by molar-refractivity contribution is -0.128. The molecule has 0 unspecified atom stereocenters. The fourth-order valence-electron chi connectivity index (χ4n) is 4.78. The number of para-hydroxylation sites is 2. The van der Waals surface area contributed by atoms with Crippen LogP contribution in [0.3, 0.4) is 0 Å². The van der Waals surface area contributed by atoms with Crippen LogP contribution in [-0.4, -0.2) is 50.3 Å². The highest BCUT2D eigenvalue weighted by Gasteiger charge is 2.36. The van der Waals surface area contributed by atoms with Crippen LogP contribution in [0.4, 0.5) is 5.69 Å². The molecule has 1 N–H and O–H groups in total. The molecule has 0 saturated carbocycles. The minimum absolute atomic E-state index is 0.0187. The third kappa shape index (κ3) is 7.22. The molecule has 43 heavy (non-hydrogen) atoms. The maximum absolute atomic E-state index is 13.9. The first kappa shape index (κ1) is 29.8. The summed E-state index contributed by atoms with van der Waals surface area (Å²) in [6, 6.07) is 31.6. The molecule has 0 aromatic heterocycles. The molecule has 4 aromatic rings. The molecule has 0 spiro atoms. The number of rotatable bonds is 11. The van der Waals surface area contributed by atoms with Crippen LogP contribution < -0.4 is 19.7 Å². The molecule has 4 aromatic carbocycles. The second-order valence-corrected chi connectivity index (χ2v) is 11.9. The average molecular weight is 600 g/mol. The van der Waals surface area contributed by atoms with Crippen molar-refractivity contribution in [1.82, 2.24) is 9.62 Å². The quantitative estimate of drug-likeness (QED) is 0.274. The summed E-state index contributed by atoms with van der Waals surface area (Å²) in [5.41, 5.74) is 2.12. The van der Waals surface area contributed by atoms with Gasteiger partial charge in [0.2, 0.25) is 15.9 Å². The first-order chi connectivity index (χ1) is 20.8. The molecule has 0 radical (unpaired) electrons. The Kier molecular flexibility index (Phi) is 9.38. The molecule has 1 aliphatic heterocycles. The lowest BCUT2D eigenvalue weighted by atomic mass is 10.1. The van der Waals surface area contributed by atoms with E-state index in [1.807, 2.05) is 67.6 Å². The van der Waals surface area contributed by atoms with Crippen LogP contribution in [-0.2, 0) is 32.7 Å². The van der Waals surface area contributed by atoms with Crippen LogP contribution in [0.15, 0.2) is 114 Å². The smallest absolute Gasteiger partial charge is 0.263 e. The first-order valence-corrected chi connectivity index (χ1v) is 15.4. The van der Waals surface area contributed by atoms with E-state index in [2.05, 4.69) is 5.32 Å². The van der Waals surface area contributed by atoms with Gasteiger partial charge in [-0.2, -0.15) is 4.31 Å². The molecule has 0 aliphatic carbocycles. The van der Waals surface area contributed by atoms with Gasteiger partial charge in [0.25, 0.3) is 5.91 Å². The Morgan fingerprint density at radius 1 is 0.884 bits per heavy atom. The summed E-state index contributed by atoms with van der Waals surface area (Å²) in [5, 5.41) is 2.87. The number of sulfonamides is 1. The minimum atomic E-state index is -4.09. The van der Waals surface area contributed by atoms with Crippen molar-refractivity contribution >= 4 is 27.5 Å². The highest BCUT2D eigenvalue weighted by molar-refractivity contribution is 7.89. The standard InChI is InChI=1S/C33H33N3O6S/c1-2-41-27-17-19-28(20-18-27)43(39,40)35(22-26-13-7-4-8-14-26)24-32(37)36-23-31(42-30-16-10-9-15-29(30)36)33(38)34-21-25-11-5-3-6-12-25/h3-20,31H,2,21-24H2,1H3,(H,34,38)/t31-/m1/s1. The molecule has 0 saturated heterocycles. The van der Waals surface area contributed by atoms with Crippen molar-refractivity contribution in [1.29, 1.82) is 0 Å². The van der Waals surface area contributed by atoms with Crippen LogP contribution in [0.1, 0.15) is 18.1 Å². The molecule has 9 nitrogen and oxygen atoms in total. The zero-order valence-corrected chi connectivity index (χ0v) is 24.6. The van der Waals surface area contributed by atoms with Crippen LogP contribution >= 0.6 is 0 Å². The summed E-state index contributed by atoms with van der Waals surface area (Å²) in [7, 11) is -4.09. The number of carbonyl (C=O) groups excluding carboxylic acids is 2. The largest absolute Gasteiger partial charge is 0.494 e. The van der Waals surface area contributed by atoms with E-state index in [9.17, 15) is 18.0 Å². The fourth-order valence-corrected chi connectivity index (χ4v) is 6.16. The fraction of sp³-hybridized carbons (Fsp3) is 0.212. The average Bonchev–Trinajstić information content (AvgIpc) is 3.04. The molecule has 222 valence electrons. The van der Waals surface area contributed by atoms with Gasteiger partial charge < -0.3 is 19.7 Å². The van der Waals surface area contributed by atoms with Crippen molar-refractivity contribution in [3.8, 4) is 11.5 Å². The molecule has 10 heteroatoms. The van der Waals surface area contributed by atoms with Gasteiger partial charge in [-0.3, -0.25) is 9.59 Å². The molecule has 1 atom stereocenters. The third-order valence-electron chi connectivity index (χ3n) is 6.96. The zero-order chi connectivity index (χ0) is 30.2. The van der Waals surface area contributed by atoms with E-state index in [0.29, 0.717) is 30.3 Å². The number of anilines is 1. The van der Waals surface area contributed by atoms with Gasteiger partial charge in [-0.25, -0.2) is 8.42 Å². The predicted molar refractivity (Wildman–Crippen MR) is 163 cm³/mol. The van der Waals surface area contributed by atoms with Gasteiger partial charge in [-0.05, 0) is 54.4 Å². The lowest BCUT2D eigenvalue weighted by Crippen LogP contribution is -2.52. The van der Waals surface area contributed by atoms with E-state index in [0.717, 1.165) is 15.4 Å². The van der Waals surface area contributed by atoms with Crippen molar-refractivity contribution in [3.63, 3.8) is 0 Å². The molecule has 1 aliphatic rings. The number of benzene rings is 4. The number of nitrogens with one attached hydrogen (secondary N) is 1. The molecule has 5 rings (SSSR count). The Bertz CT molecular complexity index is 1650. The molecular formula is C33H33N3O6S. The Morgan fingerprint density at radius 2 is 1.51 bits per heavy atom. The maximum atomic E-state index is 13.9. The summed E-state index contributed by atoms with van der Waals surface area (Å²) in [6.45, 7) is 2.07. The van der Waals surface area contributed by atoms with Crippen LogP contribution in [0.25, 0.3) is 0 Å². The Labute approximate surface area is 251 Å². The molecule has 0 fully saturated rings. The van der Waals surface area contributed by atoms with Crippen molar-refractivity contribution in [3.05, 3.63) is 120 Å². The first-order valence-electron chi connectivity index (χ1n) is 14.0. The predicted octanol–water partition coefficient (Wildman–Crippen LogP) is 4.39. The molecule has 2 amide bonds. The monoisotopic (exact) mass is 599 g/mol. The summed E-state index contributed by atoms with van der Waals surface area (Å²) in [6.07, 6.45) is -0.979. The Hall–Kier alpha value is -4.67. The zero-order valence-electron chi connectivity index (χ0n) is 23.8. The highest BCUT2D eigenvalue weighted by Crippen LogP contribution is 2.34. The van der Waals surface area contributed by atoms with E-state index in [1.54, 1.807) is 36.4 Å². The van der Waals surface area contributed by atoms with E-state index < -0.39 is 28.6 Å². The number of nitrogens with zero attached hydrogens (tertiary/aromatic N) is 2. The van der Waals surface area contributed by atoms with E-state index in [1.165, 1.54) is 17.0 Å². The van der Waals surface area contributed by atoms with Gasteiger partial charge in [0.05, 0.1) is 30.3 Å². The maximum Gasteiger partial charge on any atom is 0.263 e. The minimum Gasteiger partial charge on any atom is -0.494 e. The van der Waals surface area contributed by atoms with Gasteiger partial charge in [0, 0.05) is 13.1 Å². The topological polar surface area (TPSA) is 105 Å². The van der Waals surface area contributed by atoms with Gasteiger partial charge in [0.1, 0.15) is 11.5 Å². The third-order valence-corrected chi connectivity index (χ3v) is 8.77. The number of carbonyl (C=O) groups is 2. The van der Waals surface area contributed by atoms with Crippen LogP contribution in [0, 0.1) is 0 Å². The van der Waals surface area contributed by atoms with Crippen molar-refractivity contribution in [2.45, 2.75) is 31.0 Å². The molecule has 1 heterocycles. The number of amides is 2.